The number of benzene rings is 8. The second-order valence-electron chi connectivity index (χ2n) is 14.9. The zero-order valence-corrected chi connectivity index (χ0v) is 32.5. The third-order valence-corrected chi connectivity index (χ3v) is 12.7. The summed E-state index contributed by atoms with van der Waals surface area (Å²) in [5.74, 6) is 0. The predicted molar refractivity (Wildman–Crippen MR) is 247 cm³/mol. The quantitative estimate of drug-likeness (QED) is 0.171. The Kier molecular flexibility index (Phi) is 8.45. The molecular weight excluding hydrogens is 721 g/mol. The van der Waals surface area contributed by atoms with Crippen LogP contribution < -0.4 is 5.32 Å². The fourth-order valence-electron chi connectivity index (χ4n) is 8.66. The topological polar surface area (TPSA) is 17.0 Å². The van der Waals surface area contributed by atoms with E-state index in [4.69, 9.17) is 0 Å². The molecule has 0 saturated carbocycles. The Labute approximate surface area is 342 Å². The van der Waals surface area contributed by atoms with Crippen LogP contribution in [0.5, 0.6) is 0 Å². The molecule has 1 unspecified atom stereocenters. The lowest BCUT2D eigenvalue weighted by molar-refractivity contribution is 0.766. The smallest absolute Gasteiger partial charge is 0.0707 e. The minimum absolute atomic E-state index is 0.00485. The highest BCUT2D eigenvalue weighted by atomic mass is 32.1. The molecule has 3 heterocycles. The molecule has 2 aromatic heterocycles. The summed E-state index contributed by atoms with van der Waals surface area (Å²) in [6.07, 6.45) is 4.65. The number of rotatable bonds is 7. The number of fused-ring (bicyclic) bond motifs is 5. The molecule has 0 saturated heterocycles. The Balaban J connectivity index is 1.01. The Bertz CT molecular complexity index is 3140. The zero-order valence-electron chi connectivity index (χ0n) is 31.7. The average molecular weight is 759 g/mol. The van der Waals surface area contributed by atoms with Crippen LogP contribution in [0.25, 0.3) is 81.5 Å². The van der Waals surface area contributed by atoms with E-state index in [1.54, 1.807) is 0 Å². The fourth-order valence-corrected chi connectivity index (χ4v) is 10.0. The summed E-state index contributed by atoms with van der Waals surface area (Å²) in [5, 5.41) is 7.74. The highest BCUT2D eigenvalue weighted by molar-refractivity contribution is 7.24. The van der Waals surface area contributed by atoms with E-state index in [9.17, 15) is 0 Å². The molecule has 0 amide bonds. The summed E-state index contributed by atoms with van der Waals surface area (Å²) in [6.45, 7) is 0. The van der Waals surface area contributed by atoms with Gasteiger partial charge in [0.25, 0.3) is 0 Å². The van der Waals surface area contributed by atoms with Crippen molar-refractivity contribution in [2.75, 3.05) is 0 Å². The first kappa shape index (κ1) is 34.1. The van der Waals surface area contributed by atoms with Gasteiger partial charge in [0.1, 0.15) is 0 Å². The van der Waals surface area contributed by atoms with Crippen molar-refractivity contribution in [3.05, 3.63) is 235 Å². The number of allylic oxidation sites excluding steroid dienone is 2. The van der Waals surface area contributed by atoms with E-state index in [1.807, 2.05) is 11.3 Å². The van der Waals surface area contributed by atoms with E-state index in [0.717, 1.165) is 11.4 Å². The number of nitrogens with zero attached hydrogens (tertiary/aromatic N) is 1. The van der Waals surface area contributed by atoms with Crippen molar-refractivity contribution in [3.8, 4) is 38.4 Å². The van der Waals surface area contributed by atoms with Crippen molar-refractivity contribution >= 4 is 54.5 Å². The first-order valence-electron chi connectivity index (χ1n) is 19.9. The Morgan fingerprint density at radius 3 is 1.69 bits per heavy atom. The maximum Gasteiger partial charge on any atom is 0.0707 e. The Morgan fingerprint density at radius 1 is 0.431 bits per heavy atom. The van der Waals surface area contributed by atoms with E-state index in [2.05, 4.69) is 228 Å². The molecule has 2 nitrogen and oxygen atoms in total. The van der Waals surface area contributed by atoms with Gasteiger partial charge >= 0.3 is 0 Å². The molecule has 0 bridgehead atoms. The van der Waals surface area contributed by atoms with Crippen molar-refractivity contribution < 1.29 is 0 Å². The number of nitrogens with one attached hydrogen (secondary N) is 1. The van der Waals surface area contributed by atoms with E-state index in [0.29, 0.717) is 0 Å². The summed E-state index contributed by atoms with van der Waals surface area (Å²) in [4.78, 5) is 1.30. The summed E-state index contributed by atoms with van der Waals surface area (Å²) < 4.78 is 3.76. The van der Waals surface area contributed by atoms with E-state index in [1.165, 1.54) is 86.8 Å². The summed E-state index contributed by atoms with van der Waals surface area (Å²) in [7, 11) is 0. The molecular formula is C55H38N2S. The van der Waals surface area contributed by atoms with Crippen LogP contribution in [-0.2, 0) is 0 Å². The van der Waals surface area contributed by atoms with E-state index >= 15 is 0 Å². The van der Waals surface area contributed by atoms with Gasteiger partial charge < -0.3 is 9.88 Å². The van der Waals surface area contributed by atoms with Crippen LogP contribution in [0.4, 0.5) is 0 Å². The zero-order chi connectivity index (χ0) is 38.4. The molecule has 1 N–H and O–H groups in total. The molecule has 58 heavy (non-hydrogen) atoms. The molecule has 3 heteroatoms. The third-order valence-electron chi connectivity index (χ3n) is 11.5. The largest absolute Gasteiger partial charge is 0.374 e. The van der Waals surface area contributed by atoms with Crippen LogP contribution in [0.1, 0.15) is 22.7 Å². The molecule has 0 fully saturated rings. The number of hydrogen-bond acceptors (Lipinski definition) is 2. The summed E-state index contributed by atoms with van der Waals surface area (Å²) >= 11 is 1.91. The van der Waals surface area contributed by atoms with Gasteiger partial charge in [0.15, 0.2) is 0 Å². The maximum atomic E-state index is 3.87. The van der Waals surface area contributed by atoms with Gasteiger partial charge in [-0.1, -0.05) is 182 Å². The number of para-hydroxylation sites is 1. The highest BCUT2D eigenvalue weighted by Gasteiger charge is 2.23. The molecule has 1 aliphatic heterocycles. The van der Waals surface area contributed by atoms with Gasteiger partial charge in [-0.3, -0.25) is 0 Å². The number of aromatic nitrogens is 1. The second kappa shape index (κ2) is 14.4. The molecule has 0 spiro atoms. The van der Waals surface area contributed by atoms with Crippen molar-refractivity contribution in [3.63, 3.8) is 0 Å². The lowest BCUT2D eigenvalue weighted by Crippen LogP contribution is -2.21. The van der Waals surface area contributed by atoms with Crippen molar-refractivity contribution in [2.24, 2.45) is 0 Å². The Morgan fingerprint density at radius 2 is 1.00 bits per heavy atom. The molecule has 11 rings (SSSR count). The SMILES string of the molecule is C1=C(c2ccc(-c3ccccc3)cc2)C=C(c2ccccc2)NC1c1ccc(-n2c3ccccc3c3c4sc(-c5ccccc5)c(-c5ccccc5)c4ccc32)cc1. The van der Waals surface area contributed by atoms with Gasteiger partial charge in [-0.25, -0.2) is 0 Å². The average Bonchev–Trinajstić information content (AvgIpc) is 3.87. The van der Waals surface area contributed by atoms with E-state index < -0.39 is 0 Å². The summed E-state index contributed by atoms with van der Waals surface area (Å²) in [6, 6.07) is 74.6. The normalized spacial score (nSPS) is 14.0. The van der Waals surface area contributed by atoms with Crippen LogP contribution in [0.15, 0.2) is 218 Å². The monoisotopic (exact) mass is 758 g/mol. The second-order valence-corrected chi connectivity index (χ2v) is 16.0. The minimum Gasteiger partial charge on any atom is -0.374 e. The van der Waals surface area contributed by atoms with Gasteiger partial charge in [-0.2, -0.15) is 0 Å². The molecule has 8 aromatic carbocycles. The van der Waals surface area contributed by atoms with Gasteiger partial charge in [-0.05, 0) is 80.9 Å². The first-order valence-corrected chi connectivity index (χ1v) is 20.7. The van der Waals surface area contributed by atoms with E-state index in [-0.39, 0.29) is 6.04 Å². The van der Waals surface area contributed by atoms with Crippen molar-refractivity contribution in [2.45, 2.75) is 6.04 Å². The molecule has 1 aliphatic rings. The van der Waals surface area contributed by atoms with Crippen molar-refractivity contribution in [1.29, 1.82) is 0 Å². The fraction of sp³-hybridized carbons (Fsp3) is 0.0182. The molecule has 0 aliphatic carbocycles. The van der Waals surface area contributed by atoms with Gasteiger partial charge in [0, 0.05) is 42.7 Å². The first-order chi connectivity index (χ1) is 28.8. The van der Waals surface area contributed by atoms with Crippen LogP contribution >= 0.6 is 11.3 Å². The standard InChI is InChI=1S/C55H38N2S/c1-5-15-37(16-6-1)38-25-27-39(28-26-38)44-35-48(40-17-7-2-8-18-40)56-49(36-44)41-29-31-45(32-30-41)57-50-24-14-13-23-46(50)53-51(57)34-33-47-52(42-19-9-3-10-20-42)54(58-55(47)53)43-21-11-4-12-22-43/h1-36,49,56H. The molecule has 1 atom stereocenters. The van der Waals surface area contributed by atoms with Crippen LogP contribution in [-0.4, -0.2) is 4.57 Å². The lowest BCUT2D eigenvalue weighted by atomic mass is 9.92. The molecule has 0 radical (unpaired) electrons. The number of thiophene rings is 1. The molecule has 10 aromatic rings. The van der Waals surface area contributed by atoms with Crippen LogP contribution in [0.3, 0.4) is 0 Å². The third kappa shape index (κ3) is 5.96. The van der Waals surface area contributed by atoms with Gasteiger partial charge in [0.2, 0.25) is 0 Å². The summed E-state index contributed by atoms with van der Waals surface area (Å²) in [5.41, 5.74) is 15.7. The van der Waals surface area contributed by atoms with Gasteiger partial charge in [-0.15, -0.1) is 11.3 Å². The predicted octanol–water partition coefficient (Wildman–Crippen LogP) is 14.8. The van der Waals surface area contributed by atoms with Crippen molar-refractivity contribution in [1.82, 2.24) is 9.88 Å². The van der Waals surface area contributed by atoms with Crippen LogP contribution in [0.2, 0.25) is 0 Å². The minimum atomic E-state index is -0.00485. The van der Waals surface area contributed by atoms with Crippen LogP contribution in [0, 0.1) is 0 Å². The number of hydrogen-bond donors (Lipinski definition) is 1. The lowest BCUT2D eigenvalue weighted by Gasteiger charge is -2.26. The Hall–Kier alpha value is -7.20. The highest BCUT2D eigenvalue weighted by Crippen LogP contribution is 2.49. The maximum absolute atomic E-state index is 3.87. The molecule has 274 valence electrons. The van der Waals surface area contributed by atoms with Gasteiger partial charge in [0.05, 0.1) is 17.1 Å². The number of dihydropyridines is 1.